The first kappa shape index (κ1) is 19.1. The van der Waals surface area contributed by atoms with Crippen molar-refractivity contribution >= 4 is 11.9 Å². The molecule has 8 heteroatoms. The van der Waals surface area contributed by atoms with E-state index >= 15 is 0 Å². The monoisotopic (exact) mass is 410 g/mol. The number of hydrogen-bond donors (Lipinski definition) is 0. The zero-order chi connectivity index (χ0) is 20.7. The van der Waals surface area contributed by atoms with Crippen LogP contribution in [0.3, 0.4) is 0 Å². The Morgan fingerprint density at radius 2 is 1.93 bits per heavy atom. The van der Waals surface area contributed by atoms with E-state index in [1.807, 2.05) is 48.3 Å². The van der Waals surface area contributed by atoms with E-state index in [0.717, 1.165) is 17.7 Å². The third-order valence-electron chi connectivity index (χ3n) is 6.09. The summed E-state index contributed by atoms with van der Waals surface area (Å²) >= 11 is 0. The number of fused-ring (bicyclic) bond motifs is 3. The molecule has 1 aromatic heterocycles. The number of anilines is 1. The quantitative estimate of drug-likeness (QED) is 0.750. The third kappa shape index (κ3) is 3.15. The molecule has 8 nitrogen and oxygen atoms in total. The van der Waals surface area contributed by atoms with Gasteiger partial charge in [0.15, 0.2) is 11.5 Å². The van der Waals surface area contributed by atoms with Crippen molar-refractivity contribution in [1.29, 1.82) is 0 Å². The van der Waals surface area contributed by atoms with Gasteiger partial charge in [0.2, 0.25) is 5.95 Å². The van der Waals surface area contributed by atoms with Crippen molar-refractivity contribution in [3.8, 4) is 11.5 Å². The normalized spacial score (nSPS) is 19.3. The van der Waals surface area contributed by atoms with E-state index in [1.54, 1.807) is 0 Å². The van der Waals surface area contributed by atoms with Crippen molar-refractivity contribution in [1.82, 2.24) is 14.9 Å². The molecule has 3 aliphatic rings. The number of carbonyl (C=O) groups excluding carboxylic acids is 1. The Hall–Kier alpha value is -2.87. The first-order chi connectivity index (χ1) is 14.6. The van der Waals surface area contributed by atoms with Crippen molar-refractivity contribution in [3.05, 3.63) is 41.2 Å². The van der Waals surface area contributed by atoms with E-state index in [4.69, 9.17) is 19.2 Å². The van der Waals surface area contributed by atoms with Gasteiger partial charge in [-0.1, -0.05) is 6.07 Å². The summed E-state index contributed by atoms with van der Waals surface area (Å²) in [5.74, 6) is 1.85. The van der Waals surface area contributed by atoms with E-state index in [9.17, 15) is 4.79 Å². The summed E-state index contributed by atoms with van der Waals surface area (Å²) in [4.78, 5) is 26.3. The molecule has 0 N–H and O–H groups in total. The van der Waals surface area contributed by atoms with Gasteiger partial charge in [0.1, 0.15) is 18.8 Å². The maximum atomic E-state index is 13.2. The largest absolute Gasteiger partial charge is 0.486 e. The van der Waals surface area contributed by atoms with Crippen LogP contribution in [-0.4, -0.2) is 67.8 Å². The maximum Gasteiger partial charge on any atom is 0.257 e. The van der Waals surface area contributed by atoms with Gasteiger partial charge in [-0.25, -0.2) is 9.97 Å². The Balaban J connectivity index is 1.38. The summed E-state index contributed by atoms with van der Waals surface area (Å²) in [6, 6.07) is 5.49. The topological polar surface area (TPSA) is 77.0 Å². The molecule has 0 bridgehead atoms. The Kier molecular flexibility index (Phi) is 4.73. The van der Waals surface area contributed by atoms with E-state index in [2.05, 4.69) is 4.98 Å². The van der Waals surface area contributed by atoms with Crippen LogP contribution >= 0.6 is 0 Å². The van der Waals surface area contributed by atoms with Crippen LogP contribution in [0, 0.1) is 0 Å². The van der Waals surface area contributed by atoms with Crippen molar-refractivity contribution in [2.75, 3.05) is 51.9 Å². The lowest BCUT2D eigenvalue weighted by atomic mass is 9.83. The highest BCUT2D eigenvalue weighted by Gasteiger charge is 2.44. The van der Waals surface area contributed by atoms with Crippen LogP contribution in [0.5, 0.6) is 11.5 Å². The number of rotatable bonds is 2. The molecule has 0 atom stereocenters. The highest BCUT2D eigenvalue weighted by atomic mass is 16.6. The van der Waals surface area contributed by atoms with Gasteiger partial charge in [-0.2, -0.15) is 0 Å². The number of carbonyl (C=O) groups is 1. The van der Waals surface area contributed by atoms with Crippen LogP contribution < -0.4 is 14.4 Å². The minimum absolute atomic E-state index is 0.0279. The molecule has 1 amide bonds. The number of aromatic nitrogens is 2. The number of hydrogen-bond acceptors (Lipinski definition) is 7. The van der Waals surface area contributed by atoms with Gasteiger partial charge < -0.3 is 24.0 Å². The van der Waals surface area contributed by atoms with E-state index in [0.29, 0.717) is 68.8 Å². The number of piperidine rings is 1. The van der Waals surface area contributed by atoms with Crippen LogP contribution in [0.25, 0.3) is 0 Å². The minimum Gasteiger partial charge on any atom is -0.486 e. The predicted molar refractivity (Wildman–Crippen MR) is 110 cm³/mol. The molecule has 4 heterocycles. The van der Waals surface area contributed by atoms with Crippen LogP contribution in [0.4, 0.5) is 5.95 Å². The van der Waals surface area contributed by atoms with Crippen molar-refractivity contribution < 1.29 is 19.0 Å². The molecule has 0 unspecified atom stereocenters. The van der Waals surface area contributed by atoms with E-state index < -0.39 is 5.60 Å². The van der Waals surface area contributed by atoms with E-state index in [1.165, 1.54) is 0 Å². The average Bonchev–Trinajstić information content (AvgIpc) is 2.79. The SMILES string of the molecule is CN(C)c1ncc2c(n1)C1(CCN(C(=O)c3cccc4c3OCCO4)CC1)OCC2. The summed E-state index contributed by atoms with van der Waals surface area (Å²) in [5.41, 5.74) is 2.24. The lowest BCUT2D eigenvalue weighted by Crippen LogP contribution is -2.49. The van der Waals surface area contributed by atoms with Gasteiger partial charge in [-0.05, 0) is 37.0 Å². The summed E-state index contributed by atoms with van der Waals surface area (Å²) in [6.07, 6.45) is 4.16. The van der Waals surface area contributed by atoms with Gasteiger partial charge in [0, 0.05) is 33.4 Å². The first-order valence-electron chi connectivity index (χ1n) is 10.4. The lowest BCUT2D eigenvalue weighted by molar-refractivity contribution is -0.0967. The first-order valence-corrected chi connectivity index (χ1v) is 10.4. The molecular weight excluding hydrogens is 384 g/mol. The number of nitrogens with zero attached hydrogens (tertiary/aromatic N) is 4. The molecule has 1 saturated heterocycles. The molecule has 1 fully saturated rings. The summed E-state index contributed by atoms with van der Waals surface area (Å²) < 4.78 is 17.7. The molecule has 1 aromatic carbocycles. The Labute approximate surface area is 175 Å². The predicted octanol–water partition coefficient (Wildman–Crippen LogP) is 2.02. The molecule has 0 aliphatic carbocycles. The van der Waals surface area contributed by atoms with Crippen LogP contribution in [0.1, 0.15) is 34.5 Å². The smallest absolute Gasteiger partial charge is 0.257 e. The zero-order valence-corrected chi connectivity index (χ0v) is 17.4. The van der Waals surface area contributed by atoms with Crippen molar-refractivity contribution in [3.63, 3.8) is 0 Å². The molecule has 0 saturated carbocycles. The Morgan fingerprint density at radius 3 is 2.73 bits per heavy atom. The van der Waals surface area contributed by atoms with Crippen LogP contribution in [0.2, 0.25) is 0 Å². The number of para-hydroxylation sites is 1. The molecule has 2 aromatic rings. The number of likely N-dealkylation sites (tertiary alicyclic amines) is 1. The maximum absolute atomic E-state index is 13.2. The van der Waals surface area contributed by atoms with Crippen LogP contribution in [0.15, 0.2) is 24.4 Å². The highest BCUT2D eigenvalue weighted by Crippen LogP contribution is 2.42. The highest BCUT2D eigenvalue weighted by molar-refractivity contribution is 5.98. The van der Waals surface area contributed by atoms with Gasteiger partial charge in [0.05, 0.1) is 17.9 Å². The average molecular weight is 410 g/mol. The van der Waals surface area contributed by atoms with Gasteiger partial charge in [-0.15, -0.1) is 0 Å². The standard InChI is InChI=1S/C22H26N4O4/c1-25(2)21-23-14-15-6-11-30-22(19(15)24-21)7-9-26(10-8-22)20(27)16-4-3-5-17-18(16)29-13-12-28-17/h3-5,14H,6-13H2,1-2H3. The molecule has 1 spiro atoms. The Bertz CT molecular complexity index is 970. The summed E-state index contributed by atoms with van der Waals surface area (Å²) in [5, 5.41) is 0. The third-order valence-corrected chi connectivity index (χ3v) is 6.09. The molecule has 0 radical (unpaired) electrons. The second-order valence-corrected chi connectivity index (χ2v) is 8.15. The second kappa shape index (κ2) is 7.43. The fourth-order valence-corrected chi connectivity index (χ4v) is 4.48. The molecule has 30 heavy (non-hydrogen) atoms. The lowest BCUT2D eigenvalue weighted by Gasteiger charge is -2.44. The molecular formula is C22H26N4O4. The van der Waals surface area contributed by atoms with Crippen molar-refractivity contribution in [2.45, 2.75) is 24.9 Å². The Morgan fingerprint density at radius 1 is 1.13 bits per heavy atom. The number of benzene rings is 1. The van der Waals surface area contributed by atoms with Crippen molar-refractivity contribution in [2.24, 2.45) is 0 Å². The van der Waals surface area contributed by atoms with Gasteiger partial charge in [0.25, 0.3) is 5.91 Å². The van der Waals surface area contributed by atoms with Gasteiger partial charge >= 0.3 is 0 Å². The summed E-state index contributed by atoms with van der Waals surface area (Å²) in [7, 11) is 3.87. The molecule has 5 rings (SSSR count). The number of amides is 1. The minimum atomic E-state index is -0.451. The van der Waals surface area contributed by atoms with E-state index in [-0.39, 0.29) is 5.91 Å². The summed E-state index contributed by atoms with van der Waals surface area (Å²) in [6.45, 7) is 2.82. The fraction of sp³-hybridized carbons (Fsp3) is 0.500. The second-order valence-electron chi connectivity index (χ2n) is 8.15. The molecule has 158 valence electrons. The zero-order valence-electron chi connectivity index (χ0n) is 17.4. The van der Waals surface area contributed by atoms with Crippen LogP contribution in [-0.2, 0) is 16.8 Å². The molecule has 3 aliphatic heterocycles. The van der Waals surface area contributed by atoms with Gasteiger partial charge in [-0.3, -0.25) is 4.79 Å². The fourth-order valence-electron chi connectivity index (χ4n) is 4.48. The number of ether oxygens (including phenoxy) is 3.